The Bertz CT molecular complexity index is 1140. The van der Waals surface area contributed by atoms with Crippen LogP contribution >= 0.6 is 0 Å². The van der Waals surface area contributed by atoms with E-state index in [0.717, 1.165) is 24.2 Å². The predicted octanol–water partition coefficient (Wildman–Crippen LogP) is 3.09. The number of imide groups is 1. The number of rotatable bonds is 7. The molecule has 9 heteroatoms. The Morgan fingerprint density at radius 3 is 2.24 bits per heavy atom. The van der Waals surface area contributed by atoms with Gasteiger partial charge in [0.15, 0.2) is 0 Å². The summed E-state index contributed by atoms with van der Waals surface area (Å²) in [6.45, 7) is 2.58. The molecule has 2 aromatic rings. The van der Waals surface area contributed by atoms with Crippen molar-refractivity contribution >= 4 is 27.8 Å². The first-order valence-electron chi connectivity index (χ1n) is 11.0. The second-order valence-electron chi connectivity index (χ2n) is 8.28. The standard InChI is InChI=1S/C24H26N2O6S/c1-17-7-4-5-15-26(17)33(30,31)19-12-10-18(11-13-19)24(29)32-16-6-14-25-22(27)20-8-2-3-9-21(20)23(25)28/h2-3,8-13,17H,4-7,14-16H2,1H3. The Hall–Kier alpha value is -3.04. The average molecular weight is 471 g/mol. The minimum Gasteiger partial charge on any atom is -0.462 e. The number of sulfonamides is 1. The lowest BCUT2D eigenvalue weighted by Gasteiger charge is -2.32. The summed E-state index contributed by atoms with van der Waals surface area (Å²) >= 11 is 0. The number of amides is 2. The van der Waals surface area contributed by atoms with Crippen molar-refractivity contribution in [2.24, 2.45) is 0 Å². The SMILES string of the molecule is CC1CCCCN1S(=O)(=O)c1ccc(C(=O)OCCCN2C(=O)c3ccccc3C2=O)cc1. The Labute approximate surface area is 193 Å². The van der Waals surface area contributed by atoms with Crippen LogP contribution in [0.25, 0.3) is 0 Å². The van der Waals surface area contributed by atoms with Gasteiger partial charge in [0.1, 0.15) is 0 Å². The van der Waals surface area contributed by atoms with Gasteiger partial charge in [0, 0.05) is 19.1 Å². The molecule has 1 fully saturated rings. The quantitative estimate of drug-likeness (QED) is 0.350. The molecular weight excluding hydrogens is 444 g/mol. The van der Waals surface area contributed by atoms with Gasteiger partial charge in [0.25, 0.3) is 11.8 Å². The minimum absolute atomic E-state index is 0.0254. The molecule has 0 bridgehead atoms. The molecule has 1 atom stereocenters. The number of ether oxygens (including phenoxy) is 1. The molecule has 1 saturated heterocycles. The zero-order valence-electron chi connectivity index (χ0n) is 18.4. The maximum Gasteiger partial charge on any atom is 0.338 e. The number of hydrogen-bond donors (Lipinski definition) is 0. The van der Waals surface area contributed by atoms with E-state index >= 15 is 0 Å². The van der Waals surface area contributed by atoms with Crippen LogP contribution in [0.1, 0.15) is 63.7 Å². The third-order valence-corrected chi connectivity index (χ3v) is 8.10. The van der Waals surface area contributed by atoms with Crippen LogP contribution < -0.4 is 0 Å². The van der Waals surface area contributed by atoms with Gasteiger partial charge in [-0.05, 0) is 62.6 Å². The zero-order chi connectivity index (χ0) is 23.6. The highest BCUT2D eigenvalue weighted by Crippen LogP contribution is 2.25. The number of fused-ring (bicyclic) bond motifs is 1. The third kappa shape index (κ3) is 4.56. The van der Waals surface area contributed by atoms with Crippen LogP contribution in [-0.2, 0) is 14.8 Å². The smallest absolute Gasteiger partial charge is 0.338 e. The molecule has 2 aliphatic heterocycles. The summed E-state index contributed by atoms with van der Waals surface area (Å²) in [5.41, 5.74) is 1.00. The largest absolute Gasteiger partial charge is 0.462 e. The lowest BCUT2D eigenvalue weighted by Crippen LogP contribution is -2.41. The van der Waals surface area contributed by atoms with Gasteiger partial charge in [-0.2, -0.15) is 4.31 Å². The first kappa shape index (κ1) is 23.1. The molecule has 1 unspecified atom stereocenters. The lowest BCUT2D eigenvalue weighted by molar-refractivity contribution is 0.0482. The number of nitrogens with zero attached hydrogens (tertiary/aromatic N) is 2. The van der Waals surface area contributed by atoms with E-state index in [1.807, 2.05) is 6.92 Å². The van der Waals surface area contributed by atoms with Crippen LogP contribution in [-0.4, -0.2) is 61.1 Å². The number of carbonyl (C=O) groups is 3. The molecule has 2 amide bonds. The molecule has 2 heterocycles. The van der Waals surface area contributed by atoms with Gasteiger partial charge >= 0.3 is 5.97 Å². The van der Waals surface area contributed by atoms with E-state index in [-0.39, 0.29) is 41.5 Å². The summed E-state index contributed by atoms with van der Waals surface area (Å²) in [4.78, 5) is 38.3. The van der Waals surface area contributed by atoms with E-state index in [1.54, 1.807) is 24.3 Å². The summed E-state index contributed by atoms with van der Waals surface area (Å²) in [7, 11) is -3.61. The molecule has 8 nitrogen and oxygen atoms in total. The summed E-state index contributed by atoms with van der Waals surface area (Å²) in [6, 6.07) is 12.3. The van der Waals surface area contributed by atoms with Gasteiger partial charge in [0.05, 0.1) is 28.2 Å². The predicted molar refractivity (Wildman–Crippen MR) is 120 cm³/mol. The number of piperidine rings is 1. The van der Waals surface area contributed by atoms with E-state index < -0.39 is 16.0 Å². The Balaban J connectivity index is 1.30. The molecule has 0 spiro atoms. The van der Waals surface area contributed by atoms with Crippen LogP contribution in [0.4, 0.5) is 0 Å². The van der Waals surface area contributed by atoms with Crippen molar-refractivity contribution in [2.75, 3.05) is 19.7 Å². The van der Waals surface area contributed by atoms with Gasteiger partial charge in [-0.1, -0.05) is 18.6 Å². The number of carbonyl (C=O) groups excluding carboxylic acids is 3. The monoisotopic (exact) mass is 470 g/mol. The third-order valence-electron chi connectivity index (χ3n) is 6.08. The van der Waals surface area contributed by atoms with Crippen molar-refractivity contribution in [3.05, 3.63) is 65.2 Å². The summed E-state index contributed by atoms with van der Waals surface area (Å²) in [5, 5.41) is 0. The van der Waals surface area contributed by atoms with Crippen molar-refractivity contribution in [1.82, 2.24) is 9.21 Å². The summed E-state index contributed by atoms with van der Waals surface area (Å²) in [6.07, 6.45) is 3.00. The molecule has 2 aromatic carbocycles. The van der Waals surface area contributed by atoms with Gasteiger partial charge in [0.2, 0.25) is 10.0 Å². The lowest BCUT2D eigenvalue weighted by atomic mass is 10.1. The van der Waals surface area contributed by atoms with Gasteiger partial charge in [-0.25, -0.2) is 13.2 Å². The van der Waals surface area contributed by atoms with E-state index in [4.69, 9.17) is 4.74 Å². The van der Waals surface area contributed by atoms with E-state index in [0.29, 0.717) is 24.1 Å². The van der Waals surface area contributed by atoms with Crippen molar-refractivity contribution in [1.29, 1.82) is 0 Å². The minimum atomic E-state index is -3.61. The first-order chi connectivity index (χ1) is 15.8. The molecule has 0 aromatic heterocycles. The van der Waals surface area contributed by atoms with E-state index in [9.17, 15) is 22.8 Å². The second-order valence-corrected chi connectivity index (χ2v) is 10.2. The Kier molecular flexibility index (Phi) is 6.62. The van der Waals surface area contributed by atoms with Crippen molar-refractivity contribution in [3.8, 4) is 0 Å². The van der Waals surface area contributed by atoms with Crippen molar-refractivity contribution < 1.29 is 27.5 Å². The van der Waals surface area contributed by atoms with Crippen LogP contribution in [0.15, 0.2) is 53.4 Å². The first-order valence-corrected chi connectivity index (χ1v) is 12.5. The summed E-state index contributed by atoms with van der Waals surface area (Å²) in [5.74, 6) is -1.28. The molecular formula is C24H26N2O6S. The fraction of sp³-hybridized carbons (Fsp3) is 0.375. The molecule has 0 saturated carbocycles. The van der Waals surface area contributed by atoms with E-state index in [2.05, 4.69) is 0 Å². The highest BCUT2D eigenvalue weighted by molar-refractivity contribution is 7.89. The molecule has 174 valence electrons. The molecule has 2 aliphatic rings. The Morgan fingerprint density at radius 2 is 1.64 bits per heavy atom. The van der Waals surface area contributed by atoms with Crippen molar-refractivity contribution in [2.45, 2.75) is 43.5 Å². The summed E-state index contributed by atoms with van der Waals surface area (Å²) < 4.78 is 32.6. The van der Waals surface area contributed by atoms with Gasteiger partial charge in [-0.3, -0.25) is 14.5 Å². The van der Waals surface area contributed by atoms with Crippen LogP contribution in [0.3, 0.4) is 0 Å². The van der Waals surface area contributed by atoms with Crippen LogP contribution in [0, 0.1) is 0 Å². The fourth-order valence-electron chi connectivity index (χ4n) is 4.24. The number of hydrogen-bond acceptors (Lipinski definition) is 6. The maximum absolute atomic E-state index is 12.9. The maximum atomic E-state index is 12.9. The van der Waals surface area contributed by atoms with Gasteiger partial charge in [-0.15, -0.1) is 0 Å². The average Bonchev–Trinajstić information content (AvgIpc) is 3.06. The normalized spacial score (nSPS) is 18.9. The van der Waals surface area contributed by atoms with Gasteiger partial charge < -0.3 is 4.74 Å². The van der Waals surface area contributed by atoms with E-state index in [1.165, 1.54) is 28.6 Å². The fourth-order valence-corrected chi connectivity index (χ4v) is 5.94. The molecule has 4 rings (SSSR count). The molecule has 0 N–H and O–H groups in total. The topological polar surface area (TPSA) is 101 Å². The Morgan fingerprint density at radius 1 is 1.00 bits per heavy atom. The molecule has 33 heavy (non-hydrogen) atoms. The highest BCUT2D eigenvalue weighted by Gasteiger charge is 2.34. The highest BCUT2D eigenvalue weighted by atomic mass is 32.2. The molecule has 0 radical (unpaired) electrons. The molecule has 0 aliphatic carbocycles. The number of esters is 1. The zero-order valence-corrected chi connectivity index (χ0v) is 19.2. The van der Waals surface area contributed by atoms with Crippen LogP contribution in [0.2, 0.25) is 0 Å². The van der Waals surface area contributed by atoms with Crippen LogP contribution in [0.5, 0.6) is 0 Å². The second kappa shape index (κ2) is 9.44. The number of benzene rings is 2. The van der Waals surface area contributed by atoms with Crippen molar-refractivity contribution in [3.63, 3.8) is 0 Å².